The van der Waals surface area contributed by atoms with Gasteiger partial charge in [0.1, 0.15) is 11.7 Å². The molecule has 6 heteroatoms. The summed E-state index contributed by atoms with van der Waals surface area (Å²) in [5.41, 5.74) is 0.804. The van der Waals surface area contributed by atoms with E-state index in [1.165, 1.54) is 0 Å². The molecule has 0 aliphatic rings. The van der Waals surface area contributed by atoms with Crippen LogP contribution < -0.4 is 5.32 Å². The van der Waals surface area contributed by atoms with Crippen molar-refractivity contribution in [2.45, 2.75) is 18.9 Å². The van der Waals surface area contributed by atoms with Crippen molar-refractivity contribution >= 4 is 22.8 Å². The number of allylic oxidation sites excluding steroid dienone is 1. The first-order valence-electron chi connectivity index (χ1n) is 6.73. The van der Waals surface area contributed by atoms with E-state index in [0.717, 1.165) is 5.39 Å². The molecule has 1 aromatic heterocycles. The van der Waals surface area contributed by atoms with E-state index in [9.17, 15) is 9.59 Å². The second-order valence-corrected chi connectivity index (χ2v) is 4.86. The molecule has 3 N–H and O–H groups in total. The van der Waals surface area contributed by atoms with Crippen LogP contribution in [0.25, 0.3) is 10.9 Å². The number of aliphatic hydroxyl groups excluding tert-OH is 1. The van der Waals surface area contributed by atoms with Gasteiger partial charge in [-0.2, -0.15) is 0 Å². The summed E-state index contributed by atoms with van der Waals surface area (Å²) in [5, 5.41) is 21.4. The zero-order chi connectivity index (χ0) is 16.1. The van der Waals surface area contributed by atoms with Crippen molar-refractivity contribution in [2.75, 3.05) is 0 Å². The number of aliphatic hydroxyl groups is 1. The number of nitrogens with one attached hydrogen (secondary N) is 1. The van der Waals surface area contributed by atoms with E-state index in [-0.39, 0.29) is 24.3 Å². The predicted octanol–water partition coefficient (Wildman–Crippen LogP) is 2.27. The number of hydrogen-bond donors (Lipinski definition) is 3. The number of fused-ring (bicyclic) bond motifs is 1. The molecule has 0 bridgehead atoms. The second-order valence-electron chi connectivity index (χ2n) is 4.86. The summed E-state index contributed by atoms with van der Waals surface area (Å²) in [6.45, 7) is 3.30. The molecule has 1 atom stereocenters. The average molecular weight is 300 g/mol. The summed E-state index contributed by atoms with van der Waals surface area (Å²) in [6.07, 6.45) is 0.159. The van der Waals surface area contributed by atoms with Crippen LogP contribution in [-0.2, 0) is 4.79 Å². The number of carboxylic acids is 1. The highest BCUT2D eigenvalue weighted by Gasteiger charge is 2.21. The Kier molecular flexibility index (Phi) is 4.73. The fourth-order valence-electron chi connectivity index (χ4n) is 1.99. The predicted molar refractivity (Wildman–Crippen MR) is 81.6 cm³/mol. The standard InChI is InChI=1S/C16H16N2O4/c1-10(19)6-8-14(16(21)22)18-15(20)13-9-7-11-4-2-3-5-12(11)17-13/h2-5,7,9,14,19H,1,6,8H2,(H,18,20)(H,21,22)/t14-/m0/s1. The molecule has 1 heterocycles. The number of hydrogen-bond acceptors (Lipinski definition) is 4. The van der Waals surface area contributed by atoms with Crippen LogP contribution >= 0.6 is 0 Å². The van der Waals surface area contributed by atoms with E-state index in [0.29, 0.717) is 5.52 Å². The lowest BCUT2D eigenvalue weighted by molar-refractivity contribution is -0.139. The maximum absolute atomic E-state index is 12.1. The minimum Gasteiger partial charge on any atom is -0.513 e. The van der Waals surface area contributed by atoms with E-state index in [4.69, 9.17) is 10.2 Å². The van der Waals surface area contributed by atoms with Crippen LogP contribution in [0.5, 0.6) is 0 Å². The number of aromatic nitrogens is 1. The van der Waals surface area contributed by atoms with Gasteiger partial charge in [-0.1, -0.05) is 30.8 Å². The first-order chi connectivity index (χ1) is 10.5. The van der Waals surface area contributed by atoms with Crippen molar-refractivity contribution in [3.63, 3.8) is 0 Å². The number of aliphatic carboxylic acids is 1. The van der Waals surface area contributed by atoms with E-state index >= 15 is 0 Å². The van der Waals surface area contributed by atoms with E-state index < -0.39 is 17.9 Å². The van der Waals surface area contributed by atoms with Crippen molar-refractivity contribution in [1.29, 1.82) is 0 Å². The maximum Gasteiger partial charge on any atom is 0.326 e. The quantitative estimate of drug-likeness (QED) is 0.711. The molecule has 0 aliphatic heterocycles. The average Bonchev–Trinajstić information content (AvgIpc) is 2.50. The molecule has 0 unspecified atom stereocenters. The number of nitrogens with zero attached hydrogens (tertiary/aromatic N) is 1. The Bertz CT molecular complexity index is 727. The van der Waals surface area contributed by atoms with E-state index in [1.807, 2.05) is 18.2 Å². The summed E-state index contributed by atoms with van der Waals surface area (Å²) >= 11 is 0. The van der Waals surface area contributed by atoms with Gasteiger partial charge in [-0.15, -0.1) is 0 Å². The zero-order valence-electron chi connectivity index (χ0n) is 11.8. The minimum atomic E-state index is -1.17. The van der Waals surface area contributed by atoms with Crippen LogP contribution in [0.4, 0.5) is 0 Å². The van der Waals surface area contributed by atoms with Gasteiger partial charge < -0.3 is 15.5 Å². The number of amides is 1. The van der Waals surface area contributed by atoms with Gasteiger partial charge in [0.2, 0.25) is 0 Å². The van der Waals surface area contributed by atoms with Crippen LogP contribution in [0.2, 0.25) is 0 Å². The van der Waals surface area contributed by atoms with Crippen molar-refractivity contribution in [3.8, 4) is 0 Å². The van der Waals surface area contributed by atoms with Gasteiger partial charge in [-0.3, -0.25) is 4.79 Å². The number of carbonyl (C=O) groups is 2. The van der Waals surface area contributed by atoms with Gasteiger partial charge in [0.25, 0.3) is 5.91 Å². The highest BCUT2D eigenvalue weighted by molar-refractivity contribution is 5.96. The number of carbonyl (C=O) groups excluding carboxylic acids is 1. The lowest BCUT2D eigenvalue weighted by atomic mass is 10.1. The van der Waals surface area contributed by atoms with Crippen molar-refractivity contribution in [1.82, 2.24) is 10.3 Å². The summed E-state index contributed by atoms with van der Waals surface area (Å²) in [7, 11) is 0. The van der Waals surface area contributed by atoms with Crippen LogP contribution in [-0.4, -0.2) is 33.1 Å². The van der Waals surface area contributed by atoms with E-state index in [2.05, 4.69) is 16.9 Å². The van der Waals surface area contributed by atoms with Crippen LogP contribution in [0.1, 0.15) is 23.3 Å². The largest absolute Gasteiger partial charge is 0.513 e. The van der Waals surface area contributed by atoms with Crippen LogP contribution in [0, 0.1) is 0 Å². The molecule has 6 nitrogen and oxygen atoms in total. The van der Waals surface area contributed by atoms with Crippen molar-refractivity contribution in [2.24, 2.45) is 0 Å². The maximum atomic E-state index is 12.1. The Morgan fingerprint density at radius 3 is 2.59 bits per heavy atom. The zero-order valence-corrected chi connectivity index (χ0v) is 11.8. The molecular formula is C16H16N2O4. The number of benzene rings is 1. The SMILES string of the molecule is C=C(O)CC[C@H](NC(=O)c1ccc2ccccc2n1)C(=O)O. The first-order valence-corrected chi connectivity index (χ1v) is 6.73. The monoisotopic (exact) mass is 300 g/mol. The molecule has 0 saturated carbocycles. The number of para-hydroxylation sites is 1. The molecule has 0 saturated heterocycles. The minimum absolute atomic E-state index is 0.0595. The topological polar surface area (TPSA) is 99.5 Å². The third-order valence-electron chi connectivity index (χ3n) is 3.16. The van der Waals surface area contributed by atoms with E-state index in [1.54, 1.807) is 18.2 Å². The third kappa shape index (κ3) is 3.82. The molecule has 1 amide bonds. The second kappa shape index (κ2) is 6.71. The van der Waals surface area contributed by atoms with Gasteiger partial charge in [0, 0.05) is 11.8 Å². The Hall–Kier alpha value is -2.89. The lowest BCUT2D eigenvalue weighted by Crippen LogP contribution is -2.41. The molecule has 0 fully saturated rings. The summed E-state index contributed by atoms with van der Waals surface area (Å²) in [4.78, 5) is 27.5. The smallest absolute Gasteiger partial charge is 0.326 e. The Balaban J connectivity index is 2.14. The molecule has 1 aromatic carbocycles. The molecule has 22 heavy (non-hydrogen) atoms. The number of rotatable bonds is 6. The Morgan fingerprint density at radius 1 is 1.18 bits per heavy atom. The van der Waals surface area contributed by atoms with Gasteiger partial charge >= 0.3 is 5.97 Å². The normalized spacial score (nSPS) is 11.8. The molecule has 0 spiro atoms. The highest BCUT2D eigenvalue weighted by Crippen LogP contribution is 2.12. The van der Waals surface area contributed by atoms with Gasteiger partial charge in [-0.25, -0.2) is 9.78 Å². The summed E-state index contributed by atoms with van der Waals surface area (Å²) in [5.74, 6) is -1.86. The van der Waals surface area contributed by atoms with Crippen LogP contribution in [0.15, 0.2) is 48.7 Å². The van der Waals surface area contributed by atoms with Gasteiger partial charge in [0.15, 0.2) is 0 Å². The third-order valence-corrected chi connectivity index (χ3v) is 3.16. The lowest BCUT2D eigenvalue weighted by Gasteiger charge is -2.14. The first kappa shape index (κ1) is 15.5. The molecular weight excluding hydrogens is 284 g/mol. The van der Waals surface area contributed by atoms with Gasteiger partial charge in [-0.05, 0) is 18.6 Å². The molecule has 2 aromatic rings. The number of pyridine rings is 1. The van der Waals surface area contributed by atoms with Crippen LogP contribution in [0.3, 0.4) is 0 Å². The summed E-state index contributed by atoms with van der Waals surface area (Å²) in [6, 6.07) is 9.51. The number of carboxylic acid groups (broad SMARTS) is 1. The molecule has 2 rings (SSSR count). The van der Waals surface area contributed by atoms with Crippen molar-refractivity contribution in [3.05, 3.63) is 54.4 Å². The molecule has 0 radical (unpaired) electrons. The Morgan fingerprint density at radius 2 is 1.91 bits per heavy atom. The molecule has 0 aliphatic carbocycles. The fraction of sp³-hybridized carbons (Fsp3) is 0.188. The summed E-state index contributed by atoms with van der Waals surface area (Å²) < 4.78 is 0. The Labute approximate surface area is 127 Å². The molecule has 114 valence electrons. The van der Waals surface area contributed by atoms with Gasteiger partial charge in [0.05, 0.1) is 11.3 Å². The fourth-order valence-corrected chi connectivity index (χ4v) is 1.99. The van der Waals surface area contributed by atoms with Crippen molar-refractivity contribution < 1.29 is 19.8 Å². The highest BCUT2D eigenvalue weighted by atomic mass is 16.4.